The molecule has 0 saturated carbocycles. The molecule has 1 N–H and O–H groups in total. The van der Waals surface area contributed by atoms with Gasteiger partial charge in [0.25, 0.3) is 0 Å². The predicted molar refractivity (Wildman–Crippen MR) is 55.2 cm³/mol. The van der Waals surface area contributed by atoms with Crippen molar-refractivity contribution in [2.45, 2.75) is 12.8 Å². The van der Waals surface area contributed by atoms with Crippen LogP contribution in [0.4, 0.5) is 4.39 Å². The van der Waals surface area contributed by atoms with Gasteiger partial charge < -0.3 is 5.11 Å². The highest BCUT2D eigenvalue weighted by molar-refractivity contribution is 14.1. The van der Waals surface area contributed by atoms with Gasteiger partial charge in [0.15, 0.2) is 0 Å². The van der Waals surface area contributed by atoms with Crippen molar-refractivity contribution in [3.63, 3.8) is 0 Å². The molecule has 70 valence electrons. The fraction of sp³-hybridized carbons (Fsp3) is 0.222. The van der Waals surface area contributed by atoms with E-state index in [1.54, 1.807) is 12.1 Å². The summed E-state index contributed by atoms with van der Waals surface area (Å²) in [5.41, 5.74) is 0.236. The summed E-state index contributed by atoms with van der Waals surface area (Å²) in [7, 11) is 0. The summed E-state index contributed by atoms with van der Waals surface area (Å²) in [6.07, 6.45) is 0. The zero-order valence-corrected chi connectivity index (χ0v) is 9.08. The molecule has 0 amide bonds. The van der Waals surface area contributed by atoms with Crippen LogP contribution in [0.15, 0.2) is 18.2 Å². The van der Waals surface area contributed by atoms with Crippen LogP contribution in [0.5, 0.6) is 0 Å². The van der Waals surface area contributed by atoms with E-state index >= 15 is 0 Å². The lowest BCUT2D eigenvalue weighted by Gasteiger charge is -2.07. The van der Waals surface area contributed by atoms with Crippen molar-refractivity contribution < 1.29 is 14.3 Å². The topological polar surface area (TPSA) is 37.3 Å². The lowest BCUT2D eigenvalue weighted by molar-refractivity contribution is -0.138. The first-order valence-corrected chi connectivity index (χ1v) is 4.78. The first kappa shape index (κ1) is 10.4. The second-order valence-corrected chi connectivity index (χ2v) is 3.97. The zero-order valence-electron chi connectivity index (χ0n) is 6.92. The second kappa shape index (κ2) is 4.04. The molecule has 0 aliphatic rings. The molecule has 0 spiro atoms. The molecule has 1 rings (SSSR count). The van der Waals surface area contributed by atoms with E-state index in [-0.39, 0.29) is 5.56 Å². The van der Waals surface area contributed by atoms with Crippen LogP contribution in [0.25, 0.3) is 0 Å². The van der Waals surface area contributed by atoms with Crippen LogP contribution in [0.2, 0.25) is 0 Å². The average Bonchev–Trinajstić information content (AvgIpc) is 2.08. The maximum Gasteiger partial charge on any atom is 0.310 e. The molecule has 0 bridgehead atoms. The van der Waals surface area contributed by atoms with Crippen molar-refractivity contribution in [1.82, 2.24) is 0 Å². The molecule has 0 saturated heterocycles. The molecule has 0 fully saturated rings. The Balaban J connectivity index is 3.12. The lowest BCUT2D eigenvalue weighted by atomic mass is 10.0. The molecule has 0 heterocycles. The molecular formula is C9H8FIO2. The number of carbonyl (C=O) groups is 1. The molecule has 0 aromatic heterocycles. The van der Waals surface area contributed by atoms with Crippen molar-refractivity contribution in [3.05, 3.63) is 33.1 Å². The highest BCUT2D eigenvalue weighted by atomic mass is 127. The van der Waals surface area contributed by atoms with Crippen LogP contribution in [-0.4, -0.2) is 11.1 Å². The Morgan fingerprint density at radius 1 is 1.62 bits per heavy atom. The van der Waals surface area contributed by atoms with Crippen LogP contribution < -0.4 is 0 Å². The lowest BCUT2D eigenvalue weighted by Crippen LogP contribution is -2.09. The van der Waals surface area contributed by atoms with Crippen molar-refractivity contribution >= 4 is 28.6 Å². The Labute approximate surface area is 88.9 Å². The number of halogens is 2. The smallest absolute Gasteiger partial charge is 0.310 e. The zero-order chi connectivity index (χ0) is 10.0. The molecule has 0 radical (unpaired) electrons. The van der Waals surface area contributed by atoms with Crippen LogP contribution in [0.3, 0.4) is 0 Å². The molecular weight excluding hydrogens is 286 g/mol. The van der Waals surface area contributed by atoms with Gasteiger partial charge in [-0.15, -0.1) is 0 Å². The minimum Gasteiger partial charge on any atom is -0.481 e. The quantitative estimate of drug-likeness (QED) is 0.851. The standard InChI is InChI=1S/C9H8FIO2/c1-5(9(12)13)7-4-6(11)2-3-8(7)10/h2-5H,1H3,(H,12,13). The molecule has 0 aliphatic carbocycles. The number of carboxylic acid groups (broad SMARTS) is 1. The van der Waals surface area contributed by atoms with E-state index < -0.39 is 17.7 Å². The summed E-state index contributed by atoms with van der Waals surface area (Å²) >= 11 is 2.02. The van der Waals surface area contributed by atoms with Gasteiger partial charge in [0.2, 0.25) is 0 Å². The maximum atomic E-state index is 13.1. The van der Waals surface area contributed by atoms with E-state index in [1.807, 2.05) is 22.6 Å². The summed E-state index contributed by atoms with van der Waals surface area (Å²) < 4.78 is 13.9. The van der Waals surface area contributed by atoms with E-state index in [9.17, 15) is 9.18 Å². The molecule has 4 heteroatoms. The normalized spacial score (nSPS) is 12.5. The summed E-state index contributed by atoms with van der Waals surface area (Å²) in [5.74, 6) is -2.27. The van der Waals surface area contributed by atoms with Gasteiger partial charge in [0.1, 0.15) is 5.82 Å². The molecule has 1 atom stereocenters. The van der Waals surface area contributed by atoms with Crippen LogP contribution in [-0.2, 0) is 4.79 Å². The van der Waals surface area contributed by atoms with Crippen LogP contribution >= 0.6 is 22.6 Å². The summed E-state index contributed by atoms with van der Waals surface area (Å²) in [6, 6.07) is 4.44. The van der Waals surface area contributed by atoms with Crippen molar-refractivity contribution in [1.29, 1.82) is 0 Å². The number of hydrogen-bond donors (Lipinski definition) is 1. The summed E-state index contributed by atoms with van der Waals surface area (Å²) in [5, 5.41) is 8.68. The molecule has 2 nitrogen and oxygen atoms in total. The van der Waals surface area contributed by atoms with Gasteiger partial charge in [-0.25, -0.2) is 4.39 Å². The summed E-state index contributed by atoms with van der Waals surface area (Å²) in [4.78, 5) is 10.6. The maximum absolute atomic E-state index is 13.1. The van der Waals surface area contributed by atoms with Gasteiger partial charge in [-0.2, -0.15) is 0 Å². The minimum absolute atomic E-state index is 0.236. The number of hydrogen-bond acceptors (Lipinski definition) is 1. The Hall–Kier alpha value is -0.650. The third-order valence-electron chi connectivity index (χ3n) is 1.79. The molecule has 13 heavy (non-hydrogen) atoms. The Kier molecular flexibility index (Phi) is 3.24. The highest BCUT2D eigenvalue weighted by Gasteiger charge is 2.17. The van der Waals surface area contributed by atoms with Crippen LogP contribution in [0, 0.1) is 9.39 Å². The average molecular weight is 294 g/mol. The highest BCUT2D eigenvalue weighted by Crippen LogP contribution is 2.21. The number of carboxylic acids is 1. The second-order valence-electron chi connectivity index (χ2n) is 2.73. The third kappa shape index (κ3) is 2.40. The largest absolute Gasteiger partial charge is 0.481 e. The van der Waals surface area contributed by atoms with Crippen molar-refractivity contribution in [3.8, 4) is 0 Å². The molecule has 1 unspecified atom stereocenters. The van der Waals surface area contributed by atoms with Gasteiger partial charge in [-0.3, -0.25) is 4.79 Å². The Morgan fingerprint density at radius 3 is 2.77 bits per heavy atom. The molecule has 1 aromatic rings. The van der Waals surface area contributed by atoms with E-state index in [4.69, 9.17) is 5.11 Å². The Bertz CT molecular complexity index is 338. The van der Waals surface area contributed by atoms with E-state index in [2.05, 4.69) is 0 Å². The number of aliphatic carboxylic acids is 1. The number of benzene rings is 1. The molecule has 1 aromatic carbocycles. The van der Waals surface area contributed by atoms with Gasteiger partial charge in [-0.1, -0.05) is 0 Å². The third-order valence-corrected chi connectivity index (χ3v) is 2.47. The fourth-order valence-corrected chi connectivity index (χ4v) is 1.49. The van der Waals surface area contributed by atoms with Gasteiger partial charge in [0, 0.05) is 9.13 Å². The van der Waals surface area contributed by atoms with Crippen molar-refractivity contribution in [2.75, 3.05) is 0 Å². The first-order chi connectivity index (χ1) is 6.02. The van der Waals surface area contributed by atoms with Gasteiger partial charge in [-0.05, 0) is 47.7 Å². The first-order valence-electron chi connectivity index (χ1n) is 3.70. The number of rotatable bonds is 2. The SMILES string of the molecule is CC(C(=O)O)c1cc(I)ccc1F. The fourth-order valence-electron chi connectivity index (χ4n) is 0.979. The van der Waals surface area contributed by atoms with Gasteiger partial charge >= 0.3 is 5.97 Å². The Morgan fingerprint density at radius 2 is 2.23 bits per heavy atom. The van der Waals surface area contributed by atoms with E-state index in [1.165, 1.54) is 13.0 Å². The minimum atomic E-state index is -1.01. The van der Waals surface area contributed by atoms with E-state index in [0.29, 0.717) is 0 Å². The van der Waals surface area contributed by atoms with Crippen molar-refractivity contribution in [2.24, 2.45) is 0 Å². The predicted octanol–water partition coefficient (Wildman–Crippen LogP) is 2.62. The molecule has 0 aliphatic heterocycles. The monoisotopic (exact) mass is 294 g/mol. The van der Waals surface area contributed by atoms with E-state index in [0.717, 1.165) is 3.57 Å². The van der Waals surface area contributed by atoms with Gasteiger partial charge in [0.05, 0.1) is 5.92 Å². The summed E-state index contributed by atoms with van der Waals surface area (Å²) in [6.45, 7) is 1.47. The van der Waals surface area contributed by atoms with Crippen LogP contribution in [0.1, 0.15) is 18.4 Å².